The lowest BCUT2D eigenvalue weighted by Gasteiger charge is -2.29. The number of esters is 1. The van der Waals surface area contributed by atoms with Crippen molar-refractivity contribution in [3.8, 4) is 16.9 Å². The predicted molar refractivity (Wildman–Crippen MR) is 145 cm³/mol. The van der Waals surface area contributed by atoms with E-state index in [2.05, 4.69) is 10.6 Å². The lowest BCUT2D eigenvalue weighted by atomic mass is 9.94. The van der Waals surface area contributed by atoms with Crippen LogP contribution in [0.1, 0.15) is 24.1 Å². The Kier molecular flexibility index (Phi) is 6.84. The average molecular weight is 515 g/mol. The molecule has 1 atom stereocenters. The smallest absolute Gasteiger partial charge is 0.338 e. The Morgan fingerprint density at radius 1 is 1.03 bits per heavy atom. The molecule has 0 spiro atoms. The van der Waals surface area contributed by atoms with Gasteiger partial charge in [-0.3, -0.25) is 0 Å². The fourth-order valence-corrected chi connectivity index (χ4v) is 4.54. The van der Waals surface area contributed by atoms with Crippen molar-refractivity contribution in [2.45, 2.75) is 19.6 Å². The average Bonchev–Trinajstić information content (AvgIpc) is 3.34. The first-order valence-corrected chi connectivity index (χ1v) is 12.2. The number of carbonyl (C=O) groups excluding carboxylic acids is 1. The summed E-state index contributed by atoms with van der Waals surface area (Å²) in [5, 5.41) is 12.3. The molecule has 2 heterocycles. The molecule has 0 saturated carbocycles. The maximum atomic E-state index is 13.4. The minimum Gasteiger partial charge on any atom is -0.457 e. The fourth-order valence-electron chi connectivity index (χ4n) is 4.14. The SMILES string of the molecule is CC1=C(C(=O)OCc2ccccc2)C(c2cn(-c3ccccc3)nc2-c2ccc(Cl)cc2)NC(=S)N1. The van der Waals surface area contributed by atoms with E-state index in [1.165, 1.54) is 0 Å². The van der Waals surface area contributed by atoms with Crippen molar-refractivity contribution in [1.29, 1.82) is 0 Å². The van der Waals surface area contributed by atoms with Crippen molar-refractivity contribution < 1.29 is 9.53 Å². The van der Waals surface area contributed by atoms with Crippen LogP contribution in [-0.2, 0) is 16.1 Å². The highest BCUT2D eigenvalue weighted by Crippen LogP contribution is 2.35. The third-order valence-electron chi connectivity index (χ3n) is 5.89. The number of benzene rings is 3. The van der Waals surface area contributed by atoms with E-state index in [4.69, 9.17) is 33.7 Å². The lowest BCUT2D eigenvalue weighted by Crippen LogP contribution is -2.45. The Morgan fingerprint density at radius 3 is 2.39 bits per heavy atom. The standard InChI is InChI=1S/C28H23ClN4O2S/c1-18-24(27(34)35-17-19-8-4-2-5-9-19)26(31-28(36)30-18)23-16-33(22-10-6-3-7-11-22)32-25(23)20-12-14-21(29)15-13-20/h2-16,26H,17H2,1H3,(H2,30,31,36). The van der Waals surface area contributed by atoms with Crippen molar-refractivity contribution >= 4 is 34.9 Å². The number of carbonyl (C=O) groups is 1. The topological polar surface area (TPSA) is 68.2 Å². The molecule has 0 aliphatic carbocycles. The second-order valence-electron chi connectivity index (χ2n) is 8.35. The summed E-state index contributed by atoms with van der Waals surface area (Å²) >= 11 is 11.6. The molecule has 8 heteroatoms. The van der Waals surface area contributed by atoms with Crippen LogP contribution in [0.25, 0.3) is 16.9 Å². The van der Waals surface area contributed by atoms with Gasteiger partial charge in [-0.15, -0.1) is 0 Å². The van der Waals surface area contributed by atoms with Gasteiger partial charge in [-0.2, -0.15) is 5.10 Å². The van der Waals surface area contributed by atoms with Gasteiger partial charge in [0.1, 0.15) is 6.61 Å². The molecule has 36 heavy (non-hydrogen) atoms. The van der Waals surface area contributed by atoms with E-state index in [0.29, 0.717) is 27.1 Å². The van der Waals surface area contributed by atoms with Crippen LogP contribution in [0.4, 0.5) is 0 Å². The molecular formula is C28H23ClN4O2S. The molecular weight excluding hydrogens is 492 g/mol. The first-order valence-electron chi connectivity index (χ1n) is 11.4. The third kappa shape index (κ3) is 5.03. The molecule has 1 aliphatic rings. The zero-order valence-corrected chi connectivity index (χ0v) is 21.0. The summed E-state index contributed by atoms with van der Waals surface area (Å²) in [7, 11) is 0. The van der Waals surface area contributed by atoms with Gasteiger partial charge >= 0.3 is 5.97 Å². The number of thiocarbonyl (C=S) groups is 1. The molecule has 0 saturated heterocycles. The molecule has 0 fully saturated rings. The Balaban J connectivity index is 1.57. The molecule has 4 aromatic rings. The van der Waals surface area contributed by atoms with Crippen molar-refractivity contribution in [2.75, 3.05) is 0 Å². The van der Waals surface area contributed by atoms with Gasteiger partial charge in [-0.05, 0) is 49.0 Å². The van der Waals surface area contributed by atoms with Gasteiger partial charge < -0.3 is 15.4 Å². The van der Waals surface area contributed by atoms with Crippen LogP contribution < -0.4 is 10.6 Å². The van der Waals surface area contributed by atoms with Gasteiger partial charge in [-0.25, -0.2) is 9.48 Å². The van der Waals surface area contributed by atoms with Crippen LogP contribution in [0.15, 0.2) is 102 Å². The Bertz CT molecular complexity index is 1430. The number of rotatable bonds is 6. The van der Waals surface area contributed by atoms with Gasteiger partial charge in [0, 0.05) is 28.0 Å². The predicted octanol–water partition coefficient (Wildman–Crippen LogP) is 5.73. The Hall–Kier alpha value is -3.94. The second kappa shape index (κ2) is 10.4. The number of hydrogen-bond donors (Lipinski definition) is 2. The first-order chi connectivity index (χ1) is 17.5. The Morgan fingerprint density at radius 2 is 1.69 bits per heavy atom. The summed E-state index contributed by atoms with van der Waals surface area (Å²) in [4.78, 5) is 13.4. The number of aromatic nitrogens is 2. The van der Waals surface area contributed by atoms with E-state index in [1.54, 1.807) is 4.68 Å². The van der Waals surface area contributed by atoms with E-state index in [-0.39, 0.29) is 6.61 Å². The number of ether oxygens (including phenoxy) is 1. The summed E-state index contributed by atoms with van der Waals surface area (Å²) in [6.45, 7) is 1.99. The largest absolute Gasteiger partial charge is 0.457 e. The molecule has 0 amide bonds. The van der Waals surface area contributed by atoms with Crippen molar-refractivity contribution in [3.63, 3.8) is 0 Å². The van der Waals surface area contributed by atoms with E-state index < -0.39 is 12.0 Å². The van der Waals surface area contributed by atoms with Gasteiger partial charge in [-0.1, -0.05) is 72.3 Å². The zero-order chi connectivity index (χ0) is 25.1. The second-order valence-corrected chi connectivity index (χ2v) is 9.20. The van der Waals surface area contributed by atoms with E-state index in [1.807, 2.05) is 98.0 Å². The zero-order valence-electron chi connectivity index (χ0n) is 19.4. The molecule has 5 rings (SSSR count). The van der Waals surface area contributed by atoms with Crippen LogP contribution in [0, 0.1) is 0 Å². The maximum Gasteiger partial charge on any atom is 0.338 e. The summed E-state index contributed by atoms with van der Waals surface area (Å²) < 4.78 is 7.51. The van der Waals surface area contributed by atoms with Crippen molar-refractivity contribution in [1.82, 2.24) is 20.4 Å². The van der Waals surface area contributed by atoms with Crippen molar-refractivity contribution in [2.24, 2.45) is 0 Å². The van der Waals surface area contributed by atoms with Crippen LogP contribution >= 0.6 is 23.8 Å². The number of nitrogens with one attached hydrogen (secondary N) is 2. The molecule has 0 bridgehead atoms. The third-order valence-corrected chi connectivity index (χ3v) is 6.37. The number of allylic oxidation sites excluding steroid dienone is 1. The molecule has 1 aromatic heterocycles. The molecule has 1 unspecified atom stereocenters. The van der Waals surface area contributed by atoms with E-state index in [0.717, 1.165) is 22.4 Å². The summed E-state index contributed by atoms with van der Waals surface area (Å²) in [5.74, 6) is -0.432. The van der Waals surface area contributed by atoms with E-state index in [9.17, 15) is 4.79 Å². The minimum atomic E-state index is -0.565. The van der Waals surface area contributed by atoms with Crippen LogP contribution in [0.5, 0.6) is 0 Å². The summed E-state index contributed by atoms with van der Waals surface area (Å²) in [5.41, 5.74) is 5.25. The number of nitrogens with zero attached hydrogens (tertiary/aromatic N) is 2. The Labute approximate surface area is 219 Å². The normalized spacial score (nSPS) is 15.3. The van der Waals surface area contributed by atoms with Crippen LogP contribution in [-0.4, -0.2) is 20.9 Å². The lowest BCUT2D eigenvalue weighted by molar-refractivity contribution is -0.140. The van der Waals surface area contributed by atoms with Crippen LogP contribution in [0.3, 0.4) is 0 Å². The first kappa shape index (κ1) is 23.8. The highest BCUT2D eigenvalue weighted by Gasteiger charge is 2.34. The number of para-hydroxylation sites is 1. The summed E-state index contributed by atoms with van der Waals surface area (Å²) in [6.07, 6.45) is 1.92. The molecule has 2 N–H and O–H groups in total. The van der Waals surface area contributed by atoms with Gasteiger partial charge in [0.25, 0.3) is 0 Å². The molecule has 3 aromatic carbocycles. The minimum absolute atomic E-state index is 0.168. The highest BCUT2D eigenvalue weighted by atomic mass is 35.5. The van der Waals surface area contributed by atoms with E-state index >= 15 is 0 Å². The van der Waals surface area contributed by atoms with Gasteiger partial charge in [0.05, 0.1) is 23.0 Å². The summed E-state index contributed by atoms with van der Waals surface area (Å²) in [6, 6.07) is 26.3. The molecule has 6 nitrogen and oxygen atoms in total. The van der Waals surface area contributed by atoms with Crippen LogP contribution in [0.2, 0.25) is 5.02 Å². The van der Waals surface area contributed by atoms with Gasteiger partial charge in [0.15, 0.2) is 5.11 Å². The molecule has 0 radical (unpaired) electrons. The molecule has 180 valence electrons. The quantitative estimate of drug-likeness (QED) is 0.253. The molecule has 1 aliphatic heterocycles. The maximum absolute atomic E-state index is 13.4. The van der Waals surface area contributed by atoms with Crippen molar-refractivity contribution in [3.05, 3.63) is 119 Å². The highest BCUT2D eigenvalue weighted by molar-refractivity contribution is 7.80. The monoisotopic (exact) mass is 514 g/mol. The number of halogens is 1. The van der Waals surface area contributed by atoms with Gasteiger partial charge in [0.2, 0.25) is 0 Å². The number of hydrogen-bond acceptors (Lipinski definition) is 4. The fraction of sp³-hybridized carbons (Fsp3) is 0.107.